The molecule has 6 heteroatoms. The van der Waals surface area contributed by atoms with Crippen LogP contribution in [0.3, 0.4) is 0 Å². The van der Waals surface area contributed by atoms with Gasteiger partial charge < -0.3 is 10.1 Å². The number of carbonyl (C=O) groups is 1. The highest BCUT2D eigenvalue weighted by Gasteiger charge is 2.14. The molecule has 0 bridgehead atoms. The summed E-state index contributed by atoms with van der Waals surface area (Å²) in [6.07, 6.45) is 2.75. The molecule has 0 aliphatic heterocycles. The highest BCUT2D eigenvalue weighted by molar-refractivity contribution is 6.06. The summed E-state index contributed by atoms with van der Waals surface area (Å²) >= 11 is 0. The van der Waals surface area contributed by atoms with Crippen LogP contribution in [0.5, 0.6) is 5.75 Å². The first-order chi connectivity index (χ1) is 13.1. The number of anilines is 1. The minimum absolute atomic E-state index is 0.122. The van der Waals surface area contributed by atoms with E-state index >= 15 is 0 Å². The monoisotopic (exact) mass is 362 g/mol. The number of rotatable bonds is 7. The van der Waals surface area contributed by atoms with E-state index in [0.29, 0.717) is 17.9 Å². The van der Waals surface area contributed by atoms with Crippen molar-refractivity contribution in [2.45, 2.75) is 6.92 Å². The van der Waals surface area contributed by atoms with E-state index in [-0.39, 0.29) is 17.2 Å². The summed E-state index contributed by atoms with van der Waals surface area (Å²) in [4.78, 5) is 23.1. The molecule has 6 nitrogen and oxygen atoms in total. The summed E-state index contributed by atoms with van der Waals surface area (Å²) < 4.78 is 5.28. The van der Waals surface area contributed by atoms with Gasteiger partial charge in [0, 0.05) is 17.8 Å². The summed E-state index contributed by atoms with van der Waals surface area (Å²) in [5.74, 6) is 0.229. The van der Waals surface area contributed by atoms with Crippen LogP contribution in [0.15, 0.2) is 72.9 Å². The molecule has 3 rings (SSSR count). The molecule has 0 amide bonds. The number of hydrogen-bond acceptors (Lipinski definition) is 5. The molecular weight excluding hydrogens is 344 g/mol. The van der Waals surface area contributed by atoms with Crippen LogP contribution >= 0.6 is 0 Å². The predicted octanol–water partition coefficient (Wildman–Crippen LogP) is 4.96. The third-order valence-electron chi connectivity index (χ3n) is 3.98. The van der Waals surface area contributed by atoms with E-state index in [2.05, 4.69) is 5.32 Å². The maximum Gasteiger partial charge on any atom is 0.296 e. The zero-order valence-corrected chi connectivity index (χ0v) is 14.7. The van der Waals surface area contributed by atoms with Crippen molar-refractivity contribution < 1.29 is 14.5 Å². The van der Waals surface area contributed by atoms with Gasteiger partial charge in [-0.25, -0.2) is 0 Å². The number of carbonyl (C=O) groups excluding carboxylic acids is 1. The molecule has 0 aliphatic rings. The van der Waals surface area contributed by atoms with Crippen LogP contribution in [0, 0.1) is 10.1 Å². The molecule has 0 atom stereocenters. The second-order valence-electron chi connectivity index (χ2n) is 5.77. The molecule has 0 saturated carbocycles. The Hall–Kier alpha value is -3.67. The Bertz CT molecular complexity index is 1030. The first-order valence-corrected chi connectivity index (χ1v) is 8.46. The lowest BCUT2D eigenvalue weighted by atomic mass is 10.0. The maximum atomic E-state index is 12.4. The number of nitrogens with one attached hydrogen (secondary N) is 1. The van der Waals surface area contributed by atoms with E-state index < -0.39 is 4.92 Å². The number of ether oxygens (including phenoxy) is 1. The standard InChI is InChI=1S/C21H18N2O4/c1-2-27-18-9-10-19(20(14-18)23(25)26)22-12-11-21(24)17-8-7-15-5-3-4-6-16(15)13-17/h3-14,22H,2H2,1H3. The fourth-order valence-corrected chi connectivity index (χ4v) is 2.69. The van der Waals surface area contributed by atoms with E-state index in [0.717, 1.165) is 10.8 Å². The second kappa shape index (κ2) is 8.14. The van der Waals surface area contributed by atoms with Gasteiger partial charge in [-0.05, 0) is 35.9 Å². The van der Waals surface area contributed by atoms with E-state index in [1.807, 2.05) is 36.4 Å². The average Bonchev–Trinajstić information content (AvgIpc) is 2.68. The van der Waals surface area contributed by atoms with Crippen molar-refractivity contribution in [3.63, 3.8) is 0 Å². The summed E-state index contributed by atoms with van der Waals surface area (Å²) in [5, 5.41) is 16.1. The zero-order valence-electron chi connectivity index (χ0n) is 14.7. The number of nitro benzene ring substituents is 1. The van der Waals surface area contributed by atoms with Gasteiger partial charge in [-0.1, -0.05) is 36.4 Å². The Balaban J connectivity index is 1.76. The minimum atomic E-state index is -0.496. The first-order valence-electron chi connectivity index (χ1n) is 8.46. The molecule has 27 heavy (non-hydrogen) atoms. The van der Waals surface area contributed by atoms with Gasteiger partial charge in [-0.3, -0.25) is 14.9 Å². The van der Waals surface area contributed by atoms with Gasteiger partial charge in [0.05, 0.1) is 17.6 Å². The van der Waals surface area contributed by atoms with Crippen LogP contribution < -0.4 is 10.1 Å². The molecule has 136 valence electrons. The molecule has 3 aromatic carbocycles. The van der Waals surface area contributed by atoms with Gasteiger partial charge >= 0.3 is 0 Å². The molecule has 0 spiro atoms. The molecule has 0 heterocycles. The molecular formula is C21H18N2O4. The quantitative estimate of drug-likeness (QED) is 0.278. The molecule has 3 aromatic rings. The predicted molar refractivity (Wildman–Crippen MR) is 105 cm³/mol. The largest absolute Gasteiger partial charge is 0.494 e. The average molecular weight is 362 g/mol. The zero-order chi connectivity index (χ0) is 19.2. The lowest BCUT2D eigenvalue weighted by Crippen LogP contribution is -2.00. The van der Waals surface area contributed by atoms with Gasteiger partial charge in [0.2, 0.25) is 0 Å². The van der Waals surface area contributed by atoms with Gasteiger partial charge in [0.25, 0.3) is 5.69 Å². The summed E-state index contributed by atoms with van der Waals surface area (Å²) in [5.41, 5.74) is 0.711. The molecule has 0 aromatic heterocycles. The van der Waals surface area contributed by atoms with Crippen molar-refractivity contribution >= 4 is 27.9 Å². The highest BCUT2D eigenvalue weighted by Crippen LogP contribution is 2.29. The molecule has 0 radical (unpaired) electrons. The van der Waals surface area contributed by atoms with E-state index in [9.17, 15) is 14.9 Å². The number of allylic oxidation sites excluding steroid dienone is 1. The van der Waals surface area contributed by atoms with Gasteiger partial charge in [-0.2, -0.15) is 0 Å². The van der Waals surface area contributed by atoms with Crippen LogP contribution in [0.2, 0.25) is 0 Å². The van der Waals surface area contributed by atoms with Crippen LogP contribution in [0.4, 0.5) is 11.4 Å². The van der Waals surface area contributed by atoms with Crippen molar-refractivity contribution in [1.29, 1.82) is 0 Å². The molecule has 0 fully saturated rings. The highest BCUT2D eigenvalue weighted by atomic mass is 16.6. The smallest absolute Gasteiger partial charge is 0.296 e. The minimum Gasteiger partial charge on any atom is -0.494 e. The first kappa shape index (κ1) is 18.1. The van der Waals surface area contributed by atoms with E-state index in [4.69, 9.17) is 4.74 Å². The van der Waals surface area contributed by atoms with Crippen molar-refractivity contribution in [1.82, 2.24) is 0 Å². The number of ketones is 1. The fraction of sp³-hybridized carbons (Fsp3) is 0.0952. The van der Waals surface area contributed by atoms with Crippen LogP contribution in [-0.4, -0.2) is 17.3 Å². The Kier molecular flexibility index (Phi) is 5.47. The number of fused-ring (bicyclic) bond motifs is 1. The van der Waals surface area contributed by atoms with E-state index in [1.54, 1.807) is 25.1 Å². The van der Waals surface area contributed by atoms with Crippen molar-refractivity contribution in [2.75, 3.05) is 11.9 Å². The topological polar surface area (TPSA) is 81.5 Å². The third kappa shape index (κ3) is 4.30. The third-order valence-corrected chi connectivity index (χ3v) is 3.98. The normalized spacial score (nSPS) is 10.9. The molecule has 1 N–H and O–H groups in total. The lowest BCUT2D eigenvalue weighted by Gasteiger charge is -2.06. The van der Waals surface area contributed by atoms with E-state index in [1.165, 1.54) is 18.3 Å². The van der Waals surface area contributed by atoms with Crippen molar-refractivity contribution in [2.24, 2.45) is 0 Å². The Labute approximate surface area is 156 Å². The molecule has 0 aliphatic carbocycles. The lowest BCUT2D eigenvalue weighted by molar-refractivity contribution is -0.384. The van der Waals surface area contributed by atoms with Crippen LogP contribution in [0.25, 0.3) is 10.8 Å². The number of nitro groups is 1. The molecule has 0 unspecified atom stereocenters. The van der Waals surface area contributed by atoms with Crippen LogP contribution in [-0.2, 0) is 0 Å². The second-order valence-corrected chi connectivity index (χ2v) is 5.77. The van der Waals surface area contributed by atoms with Crippen molar-refractivity contribution in [3.8, 4) is 5.75 Å². The number of nitrogens with zero attached hydrogens (tertiary/aromatic N) is 1. The van der Waals surface area contributed by atoms with Crippen LogP contribution in [0.1, 0.15) is 17.3 Å². The Morgan fingerprint density at radius 2 is 1.89 bits per heavy atom. The number of benzene rings is 3. The summed E-state index contributed by atoms with van der Waals surface area (Å²) in [7, 11) is 0. The Morgan fingerprint density at radius 1 is 1.11 bits per heavy atom. The van der Waals surface area contributed by atoms with Gasteiger partial charge in [0.1, 0.15) is 11.4 Å². The SMILES string of the molecule is CCOc1ccc(NC=CC(=O)c2ccc3ccccc3c2)c([N+](=O)[O-])c1. The maximum absolute atomic E-state index is 12.4. The van der Waals surface area contributed by atoms with Gasteiger partial charge in [-0.15, -0.1) is 0 Å². The molecule has 0 saturated heterocycles. The van der Waals surface area contributed by atoms with Gasteiger partial charge in [0.15, 0.2) is 5.78 Å². The Morgan fingerprint density at radius 3 is 2.63 bits per heavy atom. The fourth-order valence-electron chi connectivity index (χ4n) is 2.69. The summed E-state index contributed by atoms with van der Waals surface area (Å²) in [6.45, 7) is 2.23. The summed E-state index contributed by atoms with van der Waals surface area (Å²) in [6, 6.07) is 17.8. The van der Waals surface area contributed by atoms with Crippen molar-refractivity contribution in [3.05, 3.63) is 88.6 Å². The number of hydrogen-bond donors (Lipinski definition) is 1.